The van der Waals surface area contributed by atoms with Crippen molar-refractivity contribution in [1.29, 1.82) is 0 Å². The highest BCUT2D eigenvalue weighted by Crippen LogP contribution is 2.26. The third-order valence-electron chi connectivity index (χ3n) is 5.56. The van der Waals surface area contributed by atoms with Crippen LogP contribution in [0.5, 0.6) is 0 Å². The van der Waals surface area contributed by atoms with Crippen LogP contribution in [-0.2, 0) is 9.59 Å². The summed E-state index contributed by atoms with van der Waals surface area (Å²) in [4.78, 5) is 38.9. The van der Waals surface area contributed by atoms with Crippen LogP contribution >= 0.6 is 11.3 Å². The van der Waals surface area contributed by atoms with E-state index in [1.54, 1.807) is 10.4 Å². The number of piperidine rings is 1. The molecule has 0 aliphatic carbocycles. The van der Waals surface area contributed by atoms with E-state index < -0.39 is 6.04 Å². The van der Waals surface area contributed by atoms with Crippen molar-refractivity contribution in [3.63, 3.8) is 0 Å². The molecule has 0 spiro atoms. The second-order valence-corrected chi connectivity index (χ2v) is 8.69. The molecular formula is C21H28N4O4S. The summed E-state index contributed by atoms with van der Waals surface area (Å²) in [5.74, 6) is -0.352. The number of amides is 3. The zero-order chi connectivity index (χ0) is 21.5. The lowest BCUT2D eigenvalue weighted by atomic mass is 9.91. The summed E-state index contributed by atoms with van der Waals surface area (Å²) in [6, 6.07) is 8.85. The number of hydrogen-bond acceptors (Lipinski definition) is 6. The standard InChI is InChI=1S/C21H28N4O4S/c22-13-16(23-20(27)18-12-15-5-1-2-6-17(15)30-18)21(28)25-10-8-14(9-11-25)4-3-7-19(26)24-29/h1-2,5-6,12,14,16,29H,3-4,7-11,13,22H2,(H,23,27)(H,24,26)/t16-/m1/s1. The maximum absolute atomic E-state index is 12.9. The molecule has 0 saturated carbocycles. The van der Waals surface area contributed by atoms with Crippen molar-refractivity contribution in [3.05, 3.63) is 35.2 Å². The number of likely N-dealkylation sites (tertiary alicyclic amines) is 1. The van der Waals surface area contributed by atoms with Gasteiger partial charge in [0.2, 0.25) is 11.8 Å². The topological polar surface area (TPSA) is 125 Å². The van der Waals surface area contributed by atoms with Crippen LogP contribution in [0.2, 0.25) is 0 Å². The van der Waals surface area contributed by atoms with Crippen molar-refractivity contribution in [2.24, 2.45) is 11.7 Å². The number of benzene rings is 1. The number of hydroxylamine groups is 1. The van der Waals surface area contributed by atoms with Crippen molar-refractivity contribution in [1.82, 2.24) is 15.7 Å². The number of carbonyl (C=O) groups is 3. The van der Waals surface area contributed by atoms with Crippen molar-refractivity contribution < 1.29 is 19.6 Å². The molecular weight excluding hydrogens is 404 g/mol. The lowest BCUT2D eigenvalue weighted by Crippen LogP contribution is -2.53. The van der Waals surface area contributed by atoms with Gasteiger partial charge in [-0.15, -0.1) is 11.3 Å². The van der Waals surface area contributed by atoms with E-state index in [1.807, 2.05) is 30.3 Å². The van der Waals surface area contributed by atoms with E-state index in [4.69, 9.17) is 10.9 Å². The average Bonchev–Trinajstić information content (AvgIpc) is 3.21. The normalized spacial score (nSPS) is 15.7. The molecule has 3 amide bonds. The monoisotopic (exact) mass is 432 g/mol. The highest BCUT2D eigenvalue weighted by Gasteiger charge is 2.29. The minimum Gasteiger partial charge on any atom is -0.341 e. The minimum absolute atomic E-state index is 0.0473. The fraction of sp³-hybridized carbons (Fsp3) is 0.476. The highest BCUT2D eigenvalue weighted by molar-refractivity contribution is 7.20. The van der Waals surface area contributed by atoms with Crippen LogP contribution in [0.1, 0.15) is 41.8 Å². The Bertz CT molecular complexity index is 859. The first-order valence-electron chi connectivity index (χ1n) is 10.2. The Morgan fingerprint density at radius 3 is 2.63 bits per heavy atom. The number of hydrogen-bond donors (Lipinski definition) is 4. The number of nitrogens with one attached hydrogen (secondary N) is 2. The van der Waals surface area contributed by atoms with Crippen molar-refractivity contribution in [2.45, 2.75) is 38.1 Å². The van der Waals surface area contributed by atoms with Crippen molar-refractivity contribution >= 4 is 39.1 Å². The zero-order valence-corrected chi connectivity index (χ0v) is 17.6. The molecule has 8 nitrogen and oxygen atoms in total. The number of fused-ring (bicyclic) bond motifs is 1. The van der Waals surface area contributed by atoms with Gasteiger partial charge >= 0.3 is 0 Å². The van der Waals surface area contributed by atoms with Crippen LogP contribution in [0.3, 0.4) is 0 Å². The second-order valence-electron chi connectivity index (χ2n) is 7.61. The summed E-state index contributed by atoms with van der Waals surface area (Å²) in [7, 11) is 0. The number of nitrogens with zero attached hydrogens (tertiary/aromatic N) is 1. The summed E-state index contributed by atoms with van der Waals surface area (Å²) in [5.41, 5.74) is 7.44. The van der Waals surface area contributed by atoms with Gasteiger partial charge in [-0.1, -0.05) is 18.2 Å². The first-order valence-corrected chi connectivity index (χ1v) is 11.0. The fourth-order valence-corrected chi connectivity index (χ4v) is 4.78. The van der Waals surface area contributed by atoms with E-state index in [-0.39, 0.29) is 24.3 Å². The molecule has 1 atom stereocenters. The first-order chi connectivity index (χ1) is 14.5. The Kier molecular flexibility index (Phi) is 7.78. The molecule has 9 heteroatoms. The lowest BCUT2D eigenvalue weighted by Gasteiger charge is -2.34. The number of carbonyl (C=O) groups excluding carboxylic acids is 3. The molecule has 1 aliphatic heterocycles. The van der Waals surface area contributed by atoms with Crippen LogP contribution < -0.4 is 16.5 Å². The molecule has 1 aromatic carbocycles. The molecule has 0 radical (unpaired) electrons. The third kappa shape index (κ3) is 5.56. The van der Waals surface area contributed by atoms with E-state index in [1.165, 1.54) is 11.3 Å². The van der Waals surface area contributed by atoms with Crippen LogP contribution in [0.25, 0.3) is 10.1 Å². The van der Waals surface area contributed by atoms with Crippen molar-refractivity contribution in [3.8, 4) is 0 Å². The van der Waals surface area contributed by atoms with Gasteiger partial charge < -0.3 is 16.0 Å². The molecule has 2 heterocycles. The summed E-state index contributed by atoms with van der Waals surface area (Å²) in [6.07, 6.45) is 3.61. The molecule has 2 aromatic rings. The molecule has 0 bridgehead atoms. The molecule has 3 rings (SSSR count). The predicted molar refractivity (Wildman–Crippen MR) is 115 cm³/mol. The van der Waals surface area contributed by atoms with Gasteiger partial charge in [0, 0.05) is 30.8 Å². The van der Waals surface area contributed by atoms with E-state index in [2.05, 4.69) is 5.32 Å². The van der Waals surface area contributed by atoms with Gasteiger partial charge in [-0.05, 0) is 49.1 Å². The smallest absolute Gasteiger partial charge is 0.262 e. The third-order valence-corrected chi connectivity index (χ3v) is 6.67. The molecule has 162 valence electrons. The van der Waals surface area contributed by atoms with Gasteiger partial charge in [-0.25, -0.2) is 5.48 Å². The molecule has 30 heavy (non-hydrogen) atoms. The van der Waals surface area contributed by atoms with Gasteiger partial charge in [0.15, 0.2) is 0 Å². The zero-order valence-electron chi connectivity index (χ0n) is 16.8. The quantitative estimate of drug-likeness (QED) is 0.374. The Morgan fingerprint density at radius 2 is 1.97 bits per heavy atom. The van der Waals surface area contributed by atoms with Gasteiger partial charge in [0.1, 0.15) is 6.04 Å². The Hall–Kier alpha value is -2.49. The fourth-order valence-electron chi connectivity index (χ4n) is 3.81. The highest BCUT2D eigenvalue weighted by atomic mass is 32.1. The average molecular weight is 433 g/mol. The first kappa shape index (κ1) is 22.2. The number of nitrogens with two attached hydrogens (primary N) is 1. The summed E-state index contributed by atoms with van der Waals surface area (Å²) in [5, 5.41) is 12.3. The molecule has 1 fully saturated rings. The molecule has 5 N–H and O–H groups in total. The molecule has 1 aliphatic rings. The van der Waals surface area contributed by atoms with Gasteiger partial charge in [0.25, 0.3) is 5.91 Å². The maximum atomic E-state index is 12.9. The Morgan fingerprint density at radius 1 is 1.23 bits per heavy atom. The van der Waals surface area contributed by atoms with Crippen LogP contribution in [0.4, 0.5) is 0 Å². The molecule has 1 saturated heterocycles. The van der Waals surface area contributed by atoms with Gasteiger partial charge in [-0.2, -0.15) is 0 Å². The summed E-state index contributed by atoms with van der Waals surface area (Å²) >= 11 is 1.39. The largest absolute Gasteiger partial charge is 0.341 e. The lowest BCUT2D eigenvalue weighted by molar-refractivity contribution is -0.134. The molecule has 1 aromatic heterocycles. The molecule has 0 unspecified atom stereocenters. The van der Waals surface area contributed by atoms with Crippen molar-refractivity contribution in [2.75, 3.05) is 19.6 Å². The summed E-state index contributed by atoms with van der Waals surface area (Å²) in [6.45, 7) is 1.28. The van der Waals surface area contributed by atoms with Gasteiger partial charge in [0.05, 0.1) is 4.88 Å². The number of rotatable bonds is 8. The minimum atomic E-state index is -0.743. The van der Waals surface area contributed by atoms with Crippen LogP contribution in [0, 0.1) is 5.92 Å². The predicted octanol–water partition coefficient (Wildman–Crippen LogP) is 1.87. The van der Waals surface area contributed by atoms with E-state index >= 15 is 0 Å². The van der Waals surface area contributed by atoms with E-state index in [0.717, 1.165) is 29.3 Å². The van der Waals surface area contributed by atoms with E-state index in [9.17, 15) is 14.4 Å². The van der Waals surface area contributed by atoms with Crippen LogP contribution in [-0.4, -0.2) is 53.5 Å². The Labute approximate surface area is 179 Å². The Balaban J connectivity index is 1.50. The SMILES string of the molecule is NC[C@@H](NC(=O)c1cc2ccccc2s1)C(=O)N1CCC(CCCC(=O)NO)CC1. The number of thiophene rings is 1. The summed E-state index contributed by atoms with van der Waals surface area (Å²) < 4.78 is 1.02. The van der Waals surface area contributed by atoms with Gasteiger partial charge in [-0.3, -0.25) is 19.6 Å². The maximum Gasteiger partial charge on any atom is 0.262 e. The van der Waals surface area contributed by atoms with E-state index in [0.29, 0.717) is 36.7 Å². The second kappa shape index (κ2) is 10.5. The van der Waals surface area contributed by atoms with Crippen LogP contribution in [0.15, 0.2) is 30.3 Å².